The van der Waals surface area contributed by atoms with Crippen molar-refractivity contribution in [2.24, 2.45) is 0 Å². The number of hydrogen-bond acceptors (Lipinski definition) is 4. The van der Waals surface area contributed by atoms with Gasteiger partial charge in [0, 0.05) is 13.1 Å². The molecule has 0 aliphatic carbocycles. The van der Waals surface area contributed by atoms with Gasteiger partial charge in [-0.3, -0.25) is 10.1 Å². The number of nitrogens with one attached hydrogen (secondary N) is 2. The molecular weight excluding hydrogens is 317 g/mol. The highest BCUT2D eigenvalue weighted by Gasteiger charge is 2.30. The molecule has 0 heterocycles. The highest BCUT2D eigenvalue weighted by Crippen LogP contribution is 2.29. The van der Waals surface area contributed by atoms with Gasteiger partial charge in [-0.25, -0.2) is 9.59 Å². The molecule has 9 heteroatoms. The molecule has 6 nitrogen and oxygen atoms in total. The molecule has 0 saturated carbocycles. The van der Waals surface area contributed by atoms with Crippen LogP contribution in [-0.2, 0) is 20.5 Å². The van der Waals surface area contributed by atoms with Crippen LogP contribution in [0, 0.1) is 0 Å². The Morgan fingerprint density at radius 2 is 1.96 bits per heavy atom. The molecule has 124 valence electrons. The highest BCUT2D eigenvalue weighted by atomic mass is 19.4. The zero-order valence-electron chi connectivity index (χ0n) is 11.9. The lowest BCUT2D eigenvalue weighted by Gasteiger charge is -2.06. The van der Waals surface area contributed by atoms with Gasteiger partial charge in [0.2, 0.25) is 0 Å². The molecule has 0 aliphatic heterocycles. The number of benzene rings is 1. The average molecular weight is 330 g/mol. The molecule has 0 atom stereocenters. The summed E-state index contributed by atoms with van der Waals surface area (Å²) in [5, 5.41) is 4.00. The van der Waals surface area contributed by atoms with E-state index in [1.54, 1.807) is 0 Å². The zero-order valence-corrected chi connectivity index (χ0v) is 11.9. The van der Waals surface area contributed by atoms with Crippen molar-refractivity contribution in [1.29, 1.82) is 0 Å². The summed E-state index contributed by atoms with van der Waals surface area (Å²) in [5.41, 5.74) is -0.704. The first-order valence-corrected chi connectivity index (χ1v) is 6.26. The van der Waals surface area contributed by atoms with Crippen molar-refractivity contribution < 1.29 is 32.3 Å². The quantitative estimate of drug-likeness (QED) is 0.650. The standard InChI is InChI=1S/C14H13F3N2O4/c1-18-13(22)19-11(20)8-23-12(21)6-5-9-3-2-4-10(7-9)14(15,16)17/h2-7H,8H2,1H3,(H2,18,19,20,22)/b6-5+. The maximum Gasteiger partial charge on any atom is 0.416 e. The van der Waals surface area contributed by atoms with Crippen molar-refractivity contribution in [2.45, 2.75) is 6.18 Å². The van der Waals surface area contributed by atoms with Gasteiger partial charge < -0.3 is 10.1 Å². The first-order chi connectivity index (χ1) is 10.7. The minimum Gasteiger partial charge on any atom is -0.452 e. The van der Waals surface area contributed by atoms with Gasteiger partial charge in [-0.1, -0.05) is 12.1 Å². The van der Waals surface area contributed by atoms with Gasteiger partial charge in [0.05, 0.1) is 5.56 Å². The SMILES string of the molecule is CNC(=O)NC(=O)COC(=O)/C=C/c1cccc(C(F)(F)F)c1. The van der Waals surface area contributed by atoms with Crippen molar-refractivity contribution >= 4 is 24.0 Å². The number of halogens is 3. The molecule has 0 bridgehead atoms. The first-order valence-electron chi connectivity index (χ1n) is 6.26. The van der Waals surface area contributed by atoms with Crippen molar-refractivity contribution in [1.82, 2.24) is 10.6 Å². The third kappa shape index (κ3) is 6.64. The maximum absolute atomic E-state index is 12.5. The van der Waals surface area contributed by atoms with Crippen LogP contribution < -0.4 is 10.6 Å². The Labute approximate surface area is 129 Å². The number of carbonyl (C=O) groups is 3. The molecular formula is C14H13F3N2O4. The summed E-state index contributed by atoms with van der Waals surface area (Å²) in [4.78, 5) is 33.3. The number of amides is 3. The van der Waals surface area contributed by atoms with Gasteiger partial charge in [-0.05, 0) is 23.8 Å². The minimum absolute atomic E-state index is 0.145. The van der Waals surface area contributed by atoms with Gasteiger partial charge in [0.1, 0.15) is 0 Å². The van der Waals surface area contributed by atoms with Crippen LogP contribution in [0.4, 0.5) is 18.0 Å². The average Bonchev–Trinajstić information content (AvgIpc) is 2.50. The monoisotopic (exact) mass is 330 g/mol. The summed E-state index contributed by atoms with van der Waals surface area (Å²) in [6.07, 6.45) is -2.49. The minimum atomic E-state index is -4.48. The molecule has 0 radical (unpaired) electrons. The van der Waals surface area contributed by atoms with E-state index in [0.717, 1.165) is 24.3 Å². The predicted octanol–water partition coefficient (Wildman–Crippen LogP) is 1.72. The summed E-state index contributed by atoms with van der Waals surface area (Å²) in [6, 6.07) is 3.58. The van der Waals surface area contributed by atoms with Crippen LogP contribution in [-0.4, -0.2) is 31.6 Å². The first kappa shape index (κ1) is 18.2. The number of carbonyl (C=O) groups excluding carboxylic acids is 3. The Morgan fingerprint density at radius 1 is 1.26 bits per heavy atom. The Morgan fingerprint density at radius 3 is 2.57 bits per heavy atom. The number of hydrogen-bond donors (Lipinski definition) is 2. The molecule has 1 aromatic carbocycles. The van der Waals surface area contributed by atoms with Crippen molar-refractivity contribution in [3.8, 4) is 0 Å². The van der Waals surface area contributed by atoms with E-state index in [0.29, 0.717) is 0 Å². The van der Waals surface area contributed by atoms with Gasteiger partial charge in [-0.15, -0.1) is 0 Å². The molecule has 0 saturated heterocycles. The number of urea groups is 1. The lowest BCUT2D eigenvalue weighted by molar-refractivity contribution is -0.143. The third-order valence-electron chi connectivity index (χ3n) is 2.45. The second kappa shape index (κ2) is 7.97. The molecule has 1 aromatic rings. The van der Waals surface area contributed by atoms with Crippen molar-refractivity contribution in [3.05, 3.63) is 41.5 Å². The van der Waals surface area contributed by atoms with E-state index in [9.17, 15) is 27.6 Å². The lowest BCUT2D eigenvalue weighted by atomic mass is 10.1. The number of esters is 1. The van der Waals surface area contributed by atoms with Crippen LogP contribution in [0.5, 0.6) is 0 Å². The van der Waals surface area contributed by atoms with E-state index in [1.807, 2.05) is 5.32 Å². The summed E-state index contributed by atoms with van der Waals surface area (Å²) < 4.78 is 42.1. The molecule has 0 aromatic heterocycles. The van der Waals surface area contributed by atoms with Crippen LogP contribution in [0.15, 0.2) is 30.3 Å². The normalized spacial score (nSPS) is 11.1. The fourth-order valence-corrected chi connectivity index (χ4v) is 1.39. The molecule has 0 spiro atoms. The summed E-state index contributed by atoms with van der Waals surface area (Å²) in [5.74, 6) is -1.78. The van der Waals surface area contributed by atoms with E-state index < -0.39 is 36.3 Å². The largest absolute Gasteiger partial charge is 0.452 e. The lowest BCUT2D eigenvalue weighted by Crippen LogP contribution is -2.39. The van der Waals surface area contributed by atoms with E-state index in [4.69, 9.17) is 0 Å². The summed E-state index contributed by atoms with van der Waals surface area (Å²) >= 11 is 0. The molecule has 2 N–H and O–H groups in total. The molecule has 0 aliphatic rings. The van der Waals surface area contributed by atoms with E-state index in [-0.39, 0.29) is 5.56 Å². The van der Waals surface area contributed by atoms with Crippen molar-refractivity contribution in [2.75, 3.05) is 13.7 Å². The smallest absolute Gasteiger partial charge is 0.416 e. The van der Waals surface area contributed by atoms with Gasteiger partial charge in [0.15, 0.2) is 6.61 Å². The maximum atomic E-state index is 12.5. The fourth-order valence-electron chi connectivity index (χ4n) is 1.39. The second-order valence-corrected chi connectivity index (χ2v) is 4.19. The Hall–Kier alpha value is -2.84. The summed E-state index contributed by atoms with van der Waals surface area (Å²) in [6.45, 7) is -0.695. The topological polar surface area (TPSA) is 84.5 Å². The predicted molar refractivity (Wildman–Crippen MR) is 74.0 cm³/mol. The molecule has 23 heavy (non-hydrogen) atoms. The van der Waals surface area contributed by atoms with Crippen LogP contribution >= 0.6 is 0 Å². The molecule has 1 rings (SSSR count). The Kier molecular flexibility index (Phi) is 6.31. The zero-order chi connectivity index (χ0) is 17.5. The van der Waals surface area contributed by atoms with E-state index >= 15 is 0 Å². The highest BCUT2D eigenvalue weighted by molar-refractivity contribution is 5.96. The van der Waals surface area contributed by atoms with Crippen LogP contribution in [0.2, 0.25) is 0 Å². The fraction of sp³-hybridized carbons (Fsp3) is 0.214. The number of imide groups is 1. The third-order valence-corrected chi connectivity index (χ3v) is 2.45. The molecule has 3 amide bonds. The summed E-state index contributed by atoms with van der Waals surface area (Å²) in [7, 11) is 1.30. The van der Waals surface area contributed by atoms with E-state index in [2.05, 4.69) is 10.1 Å². The van der Waals surface area contributed by atoms with Gasteiger partial charge in [-0.2, -0.15) is 13.2 Å². The number of alkyl halides is 3. The van der Waals surface area contributed by atoms with Crippen LogP contribution in [0.1, 0.15) is 11.1 Å². The second-order valence-electron chi connectivity index (χ2n) is 4.19. The van der Waals surface area contributed by atoms with Gasteiger partial charge >= 0.3 is 18.2 Å². The van der Waals surface area contributed by atoms with Gasteiger partial charge in [0.25, 0.3) is 5.91 Å². The molecule has 0 fully saturated rings. The number of rotatable bonds is 4. The van der Waals surface area contributed by atoms with Crippen molar-refractivity contribution in [3.63, 3.8) is 0 Å². The number of ether oxygens (including phenoxy) is 1. The van der Waals surface area contributed by atoms with E-state index in [1.165, 1.54) is 19.2 Å². The van der Waals surface area contributed by atoms with Crippen LogP contribution in [0.3, 0.4) is 0 Å². The van der Waals surface area contributed by atoms with Crippen LogP contribution in [0.25, 0.3) is 6.08 Å². The Balaban J connectivity index is 2.56. The Bertz CT molecular complexity index is 627. The molecule has 0 unspecified atom stereocenters.